The quantitative estimate of drug-likeness (QED) is 0.782. The Bertz CT molecular complexity index is 839. The van der Waals surface area contributed by atoms with Crippen molar-refractivity contribution in [2.24, 2.45) is 0 Å². The second kappa shape index (κ2) is 7.25. The minimum absolute atomic E-state index is 0.229. The molecule has 1 aliphatic heterocycles. The van der Waals surface area contributed by atoms with E-state index in [1.54, 1.807) is 18.3 Å². The number of hydrogen-bond donors (Lipinski definition) is 1. The Morgan fingerprint density at radius 3 is 2.54 bits per heavy atom. The van der Waals surface area contributed by atoms with Crippen LogP contribution in [0.15, 0.2) is 55.0 Å². The highest BCUT2D eigenvalue weighted by Crippen LogP contribution is 2.30. The molecule has 1 fully saturated rings. The summed E-state index contributed by atoms with van der Waals surface area (Å²) >= 11 is 0. The lowest BCUT2D eigenvalue weighted by molar-refractivity contribution is 0.198. The first-order chi connectivity index (χ1) is 12.7. The van der Waals surface area contributed by atoms with E-state index in [4.69, 9.17) is 0 Å². The Labute approximate surface area is 152 Å². The molecular formula is C20H22FN5. The molecule has 26 heavy (non-hydrogen) atoms. The monoisotopic (exact) mass is 351 g/mol. The van der Waals surface area contributed by atoms with Crippen molar-refractivity contribution in [1.29, 1.82) is 0 Å². The summed E-state index contributed by atoms with van der Waals surface area (Å²) < 4.78 is 13.2. The van der Waals surface area contributed by atoms with Gasteiger partial charge in [-0.1, -0.05) is 0 Å². The van der Waals surface area contributed by atoms with Crippen LogP contribution in [0.4, 0.5) is 10.1 Å². The summed E-state index contributed by atoms with van der Waals surface area (Å²) in [6, 6.07) is 11.0. The lowest BCUT2D eigenvalue weighted by Crippen LogP contribution is -2.47. The van der Waals surface area contributed by atoms with Crippen molar-refractivity contribution < 1.29 is 4.39 Å². The lowest BCUT2D eigenvalue weighted by Gasteiger charge is -2.39. The molecule has 0 radical (unpaired) electrons. The van der Waals surface area contributed by atoms with Crippen molar-refractivity contribution >= 4 is 5.69 Å². The molecule has 0 bridgehead atoms. The fourth-order valence-electron chi connectivity index (χ4n) is 3.53. The average Bonchev–Trinajstić information content (AvgIpc) is 3.23. The third-order valence-corrected chi connectivity index (χ3v) is 5.11. The zero-order valence-corrected chi connectivity index (χ0v) is 14.8. The van der Waals surface area contributed by atoms with E-state index in [1.165, 1.54) is 17.7 Å². The number of nitrogens with one attached hydrogen (secondary N) is 1. The molecule has 4 rings (SSSR count). The number of nitrogens with zero attached hydrogens (tertiary/aromatic N) is 4. The highest BCUT2D eigenvalue weighted by molar-refractivity contribution is 5.75. The molecule has 0 spiro atoms. The summed E-state index contributed by atoms with van der Waals surface area (Å²) in [4.78, 5) is 9.39. The highest BCUT2D eigenvalue weighted by atomic mass is 19.1. The third-order valence-electron chi connectivity index (χ3n) is 5.11. The third kappa shape index (κ3) is 3.32. The van der Waals surface area contributed by atoms with Crippen molar-refractivity contribution in [2.75, 3.05) is 31.1 Å². The summed E-state index contributed by atoms with van der Waals surface area (Å²) in [6.45, 7) is 6.03. The zero-order valence-electron chi connectivity index (χ0n) is 14.8. The molecule has 5 nitrogen and oxygen atoms in total. The first kappa shape index (κ1) is 16.7. The maximum atomic E-state index is 13.2. The van der Waals surface area contributed by atoms with E-state index in [-0.39, 0.29) is 5.82 Å². The molecule has 0 aliphatic carbocycles. The Morgan fingerprint density at radius 2 is 1.85 bits per heavy atom. The standard InChI is InChI=1S/C20H22FN5/c1-15(17-13-23-24-14-17)25-9-11-26(12-10-25)19-3-2-8-22-20(19)16-4-6-18(21)7-5-16/h2-8,13-15H,9-12H2,1H3,(H,23,24). The van der Waals surface area contributed by atoms with Crippen LogP contribution < -0.4 is 4.90 Å². The summed E-state index contributed by atoms with van der Waals surface area (Å²) in [6.07, 6.45) is 5.65. The number of pyridine rings is 1. The molecule has 0 amide bonds. The van der Waals surface area contributed by atoms with Gasteiger partial charge in [-0.25, -0.2) is 4.39 Å². The van der Waals surface area contributed by atoms with Crippen molar-refractivity contribution in [3.8, 4) is 11.3 Å². The minimum atomic E-state index is -0.229. The van der Waals surface area contributed by atoms with Gasteiger partial charge in [0.05, 0.1) is 17.6 Å². The first-order valence-electron chi connectivity index (χ1n) is 8.91. The molecule has 6 heteroatoms. The second-order valence-electron chi connectivity index (χ2n) is 6.61. The van der Waals surface area contributed by atoms with Gasteiger partial charge in [0.15, 0.2) is 0 Å². The van der Waals surface area contributed by atoms with Crippen LogP contribution in [0.5, 0.6) is 0 Å². The smallest absolute Gasteiger partial charge is 0.123 e. The fourth-order valence-corrected chi connectivity index (χ4v) is 3.53. The fraction of sp³-hybridized carbons (Fsp3) is 0.300. The predicted octanol–water partition coefficient (Wildman–Crippen LogP) is 3.49. The molecule has 1 atom stereocenters. The molecule has 134 valence electrons. The zero-order chi connectivity index (χ0) is 17.9. The number of benzene rings is 1. The molecule has 3 heterocycles. The van der Waals surface area contributed by atoms with Crippen LogP contribution in [0.25, 0.3) is 11.3 Å². The number of H-pyrrole nitrogens is 1. The number of anilines is 1. The molecule has 1 saturated heterocycles. The molecule has 2 aromatic heterocycles. The van der Waals surface area contributed by atoms with Crippen LogP contribution >= 0.6 is 0 Å². The molecule has 0 saturated carbocycles. The van der Waals surface area contributed by atoms with Gasteiger partial charge >= 0.3 is 0 Å². The minimum Gasteiger partial charge on any atom is -0.367 e. The van der Waals surface area contributed by atoms with Gasteiger partial charge in [0.1, 0.15) is 5.82 Å². The Morgan fingerprint density at radius 1 is 1.08 bits per heavy atom. The van der Waals surface area contributed by atoms with E-state index in [0.29, 0.717) is 6.04 Å². The maximum Gasteiger partial charge on any atom is 0.123 e. The highest BCUT2D eigenvalue weighted by Gasteiger charge is 2.24. The lowest BCUT2D eigenvalue weighted by atomic mass is 10.1. The summed E-state index contributed by atoms with van der Waals surface area (Å²) in [7, 11) is 0. The number of aromatic nitrogens is 3. The van der Waals surface area contributed by atoms with Crippen LogP contribution in [-0.2, 0) is 0 Å². The van der Waals surface area contributed by atoms with E-state index in [0.717, 1.165) is 43.1 Å². The van der Waals surface area contributed by atoms with Crippen molar-refractivity contribution in [3.05, 3.63) is 66.4 Å². The molecule has 1 aliphatic rings. The van der Waals surface area contributed by atoms with Gasteiger partial charge in [-0.15, -0.1) is 0 Å². The van der Waals surface area contributed by atoms with Crippen LogP contribution in [0.2, 0.25) is 0 Å². The molecule has 1 unspecified atom stereocenters. The summed E-state index contributed by atoms with van der Waals surface area (Å²) in [5, 5.41) is 6.95. The number of aromatic amines is 1. The van der Waals surface area contributed by atoms with Crippen molar-refractivity contribution in [2.45, 2.75) is 13.0 Å². The Hall–Kier alpha value is -2.73. The van der Waals surface area contributed by atoms with Crippen LogP contribution in [0, 0.1) is 5.82 Å². The normalized spacial score (nSPS) is 16.6. The second-order valence-corrected chi connectivity index (χ2v) is 6.61. The number of piperazine rings is 1. The molecule has 1 aromatic carbocycles. The van der Waals surface area contributed by atoms with Crippen LogP contribution in [0.3, 0.4) is 0 Å². The largest absolute Gasteiger partial charge is 0.367 e. The Balaban J connectivity index is 1.51. The van der Waals surface area contributed by atoms with Gasteiger partial charge in [-0.2, -0.15) is 5.10 Å². The van der Waals surface area contributed by atoms with Crippen LogP contribution in [0.1, 0.15) is 18.5 Å². The summed E-state index contributed by atoms with van der Waals surface area (Å²) in [5.74, 6) is -0.229. The first-order valence-corrected chi connectivity index (χ1v) is 8.91. The molecule has 1 N–H and O–H groups in total. The van der Waals surface area contributed by atoms with Crippen molar-refractivity contribution in [1.82, 2.24) is 20.1 Å². The SMILES string of the molecule is CC(c1cn[nH]c1)N1CCN(c2cccnc2-c2ccc(F)cc2)CC1. The number of hydrogen-bond acceptors (Lipinski definition) is 4. The number of halogens is 1. The molecule has 3 aromatic rings. The maximum absolute atomic E-state index is 13.2. The van der Waals surface area contributed by atoms with Gasteiger partial charge < -0.3 is 4.90 Å². The van der Waals surface area contributed by atoms with E-state index >= 15 is 0 Å². The van der Waals surface area contributed by atoms with E-state index < -0.39 is 0 Å². The Kier molecular flexibility index (Phi) is 4.67. The topological polar surface area (TPSA) is 48.1 Å². The van der Waals surface area contributed by atoms with Crippen LogP contribution in [-0.4, -0.2) is 46.3 Å². The van der Waals surface area contributed by atoms with Gasteiger partial charge in [0, 0.05) is 55.7 Å². The number of rotatable bonds is 4. The van der Waals surface area contributed by atoms with E-state index in [1.807, 2.05) is 18.5 Å². The van der Waals surface area contributed by atoms with E-state index in [2.05, 4.69) is 38.0 Å². The van der Waals surface area contributed by atoms with Gasteiger partial charge in [0.2, 0.25) is 0 Å². The van der Waals surface area contributed by atoms with Gasteiger partial charge in [0.25, 0.3) is 0 Å². The van der Waals surface area contributed by atoms with Gasteiger partial charge in [-0.05, 0) is 43.3 Å². The molecular weight excluding hydrogens is 329 g/mol. The van der Waals surface area contributed by atoms with Gasteiger partial charge in [-0.3, -0.25) is 15.0 Å². The predicted molar refractivity (Wildman–Crippen MR) is 100 cm³/mol. The van der Waals surface area contributed by atoms with E-state index in [9.17, 15) is 4.39 Å². The summed E-state index contributed by atoms with van der Waals surface area (Å²) in [5.41, 5.74) is 4.17. The van der Waals surface area contributed by atoms with Crippen molar-refractivity contribution in [3.63, 3.8) is 0 Å². The average molecular weight is 351 g/mol.